The van der Waals surface area contributed by atoms with Gasteiger partial charge >= 0.3 is 5.69 Å². The van der Waals surface area contributed by atoms with Crippen LogP contribution in [0.25, 0.3) is 0 Å². The molecule has 0 spiro atoms. The van der Waals surface area contributed by atoms with Crippen molar-refractivity contribution in [2.45, 2.75) is 33.9 Å². The molecule has 10 heteroatoms. The van der Waals surface area contributed by atoms with Crippen LogP contribution >= 0.6 is 0 Å². The van der Waals surface area contributed by atoms with Crippen molar-refractivity contribution in [2.75, 3.05) is 5.32 Å². The molecule has 2 heterocycles. The van der Waals surface area contributed by atoms with Gasteiger partial charge in [-0.1, -0.05) is 24.3 Å². The Morgan fingerprint density at radius 2 is 1.94 bits per heavy atom. The molecule has 0 saturated heterocycles. The quantitative estimate of drug-likeness (QED) is 0.271. The summed E-state index contributed by atoms with van der Waals surface area (Å²) in [5.41, 5.74) is 2.84. The highest BCUT2D eigenvalue weighted by molar-refractivity contribution is 6.02. The average molecular weight is 478 g/mol. The van der Waals surface area contributed by atoms with E-state index < -0.39 is 10.8 Å². The van der Waals surface area contributed by atoms with Crippen molar-refractivity contribution >= 4 is 17.3 Å². The molecule has 0 aliphatic carbocycles. The van der Waals surface area contributed by atoms with Crippen LogP contribution in [0, 0.1) is 36.7 Å². The van der Waals surface area contributed by atoms with Crippen LogP contribution in [-0.2, 0) is 13.2 Å². The second-order valence-corrected chi connectivity index (χ2v) is 8.03. The highest BCUT2D eigenvalue weighted by Gasteiger charge is 2.20. The van der Waals surface area contributed by atoms with Crippen molar-refractivity contribution in [1.29, 1.82) is 0 Å². The van der Waals surface area contributed by atoms with E-state index in [-0.39, 0.29) is 36.2 Å². The number of hydrogen-bond acceptors (Lipinski definition) is 6. The van der Waals surface area contributed by atoms with Crippen molar-refractivity contribution in [2.24, 2.45) is 0 Å². The topological polar surface area (TPSA) is 112 Å². The molecule has 2 aromatic carbocycles. The normalized spacial score (nSPS) is 10.9. The Bertz CT molecular complexity index is 1410. The number of benzene rings is 2. The van der Waals surface area contributed by atoms with Gasteiger partial charge in [-0.25, -0.2) is 4.39 Å². The minimum atomic E-state index is -0.514. The number of nitrogens with zero attached hydrogens (tertiary/aromatic N) is 3. The average Bonchev–Trinajstić information content (AvgIpc) is 3.40. The number of aromatic nitrogens is 2. The number of amides is 1. The molecule has 0 fully saturated rings. The van der Waals surface area contributed by atoms with Gasteiger partial charge in [-0.15, -0.1) is 0 Å². The van der Waals surface area contributed by atoms with Gasteiger partial charge in [-0.3, -0.25) is 19.6 Å². The van der Waals surface area contributed by atoms with Crippen molar-refractivity contribution in [1.82, 2.24) is 9.78 Å². The largest absolute Gasteiger partial charge is 0.479 e. The highest BCUT2D eigenvalue weighted by atomic mass is 19.1. The third-order valence-electron chi connectivity index (χ3n) is 5.46. The molecule has 35 heavy (non-hydrogen) atoms. The van der Waals surface area contributed by atoms with Crippen molar-refractivity contribution in [3.63, 3.8) is 0 Å². The number of nitro benzene ring substituents is 1. The third kappa shape index (κ3) is 5.21. The Morgan fingerprint density at radius 1 is 1.17 bits per heavy atom. The van der Waals surface area contributed by atoms with Crippen LogP contribution in [0.4, 0.5) is 15.8 Å². The second kappa shape index (κ2) is 9.80. The van der Waals surface area contributed by atoms with Crippen LogP contribution in [0.2, 0.25) is 0 Å². The van der Waals surface area contributed by atoms with Crippen LogP contribution < -0.4 is 10.1 Å². The smallest absolute Gasteiger partial charge is 0.311 e. The number of halogens is 1. The molecule has 0 radical (unpaired) electrons. The zero-order valence-electron chi connectivity index (χ0n) is 19.4. The standard InChI is InChI=1S/C25H23FN4O5/c1-15-8-10-22(21(12-15)30(32)33)34-14-19-9-11-23(35-19)25(31)27-24-16(2)28-29(17(24)3)13-18-6-4-5-7-20(18)26/h4-12H,13-14H2,1-3H3,(H,27,31). The highest BCUT2D eigenvalue weighted by Crippen LogP contribution is 2.29. The summed E-state index contributed by atoms with van der Waals surface area (Å²) in [7, 11) is 0. The first kappa shape index (κ1) is 23.7. The maximum Gasteiger partial charge on any atom is 0.311 e. The van der Waals surface area contributed by atoms with E-state index in [1.54, 1.807) is 55.8 Å². The minimum absolute atomic E-state index is 0.0441. The zero-order valence-corrected chi connectivity index (χ0v) is 19.4. The molecular formula is C25H23FN4O5. The lowest BCUT2D eigenvalue weighted by Crippen LogP contribution is -2.12. The first-order valence-electron chi connectivity index (χ1n) is 10.8. The third-order valence-corrected chi connectivity index (χ3v) is 5.46. The molecule has 9 nitrogen and oxygen atoms in total. The Balaban J connectivity index is 1.44. The fourth-order valence-corrected chi connectivity index (χ4v) is 3.61. The number of rotatable bonds is 8. The second-order valence-electron chi connectivity index (χ2n) is 8.03. The SMILES string of the molecule is Cc1ccc(OCc2ccc(C(=O)Nc3c(C)nn(Cc4ccccc4F)c3C)o2)c([N+](=O)[O-])c1. The van der Waals surface area contributed by atoms with Gasteiger partial charge in [-0.2, -0.15) is 5.10 Å². The first-order chi connectivity index (χ1) is 16.7. The maximum absolute atomic E-state index is 14.0. The van der Waals surface area contributed by atoms with Gasteiger partial charge in [0, 0.05) is 11.6 Å². The summed E-state index contributed by atoms with van der Waals surface area (Å²) in [6, 6.07) is 14.2. The summed E-state index contributed by atoms with van der Waals surface area (Å²) >= 11 is 0. The number of nitrogens with one attached hydrogen (secondary N) is 1. The van der Waals surface area contributed by atoms with Crippen molar-refractivity contribution in [3.8, 4) is 5.75 Å². The molecule has 180 valence electrons. The molecule has 1 N–H and O–H groups in total. The molecule has 0 atom stereocenters. The van der Waals surface area contributed by atoms with E-state index in [4.69, 9.17) is 9.15 Å². The van der Waals surface area contributed by atoms with E-state index in [2.05, 4.69) is 10.4 Å². The van der Waals surface area contributed by atoms with Gasteiger partial charge in [0.2, 0.25) is 0 Å². The van der Waals surface area contributed by atoms with E-state index in [1.807, 2.05) is 0 Å². The van der Waals surface area contributed by atoms with E-state index >= 15 is 0 Å². The van der Waals surface area contributed by atoms with Crippen molar-refractivity contribution < 1.29 is 23.3 Å². The first-order valence-corrected chi connectivity index (χ1v) is 10.8. The van der Waals surface area contributed by atoms with Gasteiger partial charge < -0.3 is 14.5 Å². The molecule has 2 aromatic heterocycles. The summed E-state index contributed by atoms with van der Waals surface area (Å²) in [6.07, 6.45) is 0. The molecule has 0 aliphatic heterocycles. The Labute approximate surface area is 200 Å². The minimum Gasteiger partial charge on any atom is -0.479 e. The molecule has 0 bridgehead atoms. The zero-order chi connectivity index (χ0) is 25.1. The van der Waals surface area contributed by atoms with Gasteiger partial charge in [-0.05, 0) is 50.6 Å². The number of hydrogen-bond donors (Lipinski definition) is 1. The van der Waals surface area contributed by atoms with E-state index in [9.17, 15) is 19.3 Å². The maximum atomic E-state index is 14.0. The Morgan fingerprint density at radius 3 is 2.69 bits per heavy atom. The monoisotopic (exact) mass is 478 g/mol. The van der Waals surface area contributed by atoms with Gasteiger partial charge in [0.1, 0.15) is 18.2 Å². The lowest BCUT2D eigenvalue weighted by Gasteiger charge is -2.07. The number of nitro groups is 1. The van der Waals surface area contributed by atoms with Gasteiger partial charge in [0.15, 0.2) is 11.5 Å². The summed E-state index contributed by atoms with van der Waals surface area (Å²) in [6.45, 7) is 5.42. The van der Waals surface area contributed by atoms with Crippen LogP contribution in [0.1, 0.15) is 38.8 Å². The van der Waals surface area contributed by atoms with E-state index in [0.717, 1.165) is 5.56 Å². The molecule has 4 rings (SSSR count). The predicted octanol–water partition coefficient (Wildman–Crippen LogP) is 5.33. The van der Waals surface area contributed by atoms with E-state index in [0.29, 0.717) is 28.4 Å². The number of furan rings is 1. The molecule has 1 amide bonds. The number of anilines is 1. The fraction of sp³-hybridized carbons (Fsp3) is 0.200. The molecule has 0 unspecified atom stereocenters. The lowest BCUT2D eigenvalue weighted by molar-refractivity contribution is -0.386. The lowest BCUT2D eigenvalue weighted by atomic mass is 10.2. The number of carbonyl (C=O) groups is 1. The predicted molar refractivity (Wildman–Crippen MR) is 126 cm³/mol. The fourth-order valence-electron chi connectivity index (χ4n) is 3.61. The molecule has 4 aromatic rings. The van der Waals surface area contributed by atoms with E-state index in [1.165, 1.54) is 24.3 Å². The summed E-state index contributed by atoms with van der Waals surface area (Å²) in [5, 5.41) is 18.5. The van der Waals surface area contributed by atoms with Gasteiger partial charge in [0.25, 0.3) is 5.91 Å². The van der Waals surface area contributed by atoms with Gasteiger partial charge in [0.05, 0.1) is 28.5 Å². The van der Waals surface area contributed by atoms with Crippen molar-refractivity contribution in [3.05, 3.63) is 105 Å². The van der Waals surface area contributed by atoms with Crippen LogP contribution in [0.5, 0.6) is 5.75 Å². The molecular weight excluding hydrogens is 455 g/mol. The summed E-state index contributed by atoms with van der Waals surface area (Å²) in [5.74, 6) is -0.339. The summed E-state index contributed by atoms with van der Waals surface area (Å²) in [4.78, 5) is 23.5. The Kier molecular flexibility index (Phi) is 6.63. The summed E-state index contributed by atoms with van der Waals surface area (Å²) < 4.78 is 26.8. The number of aryl methyl sites for hydroxylation is 2. The van der Waals surface area contributed by atoms with Crippen LogP contribution in [0.15, 0.2) is 59.0 Å². The van der Waals surface area contributed by atoms with Crippen LogP contribution in [-0.4, -0.2) is 20.6 Å². The van der Waals surface area contributed by atoms with Crippen LogP contribution in [0.3, 0.4) is 0 Å². The molecule has 0 aliphatic rings. The molecule has 0 saturated carbocycles. The number of ether oxygens (including phenoxy) is 1. The number of carbonyl (C=O) groups excluding carboxylic acids is 1. The Hall–Kier alpha value is -4.47.